The number of hydrogen-bond donors (Lipinski definition) is 0. The van der Waals surface area contributed by atoms with Crippen molar-refractivity contribution in [2.75, 3.05) is 13.2 Å². The zero-order valence-electron chi connectivity index (χ0n) is 11.5. The van der Waals surface area contributed by atoms with E-state index in [2.05, 4.69) is 59.5 Å². The summed E-state index contributed by atoms with van der Waals surface area (Å²) in [5.74, 6) is 0. The molecule has 2 aliphatic rings. The molecule has 2 heteroatoms. The van der Waals surface area contributed by atoms with Crippen molar-refractivity contribution in [1.29, 1.82) is 0 Å². The van der Waals surface area contributed by atoms with E-state index in [-0.39, 0.29) is 6.10 Å². The number of nitrogens with zero attached hydrogens (tertiary/aromatic N) is 1. The first kappa shape index (κ1) is 12.1. The quantitative estimate of drug-likeness (QED) is 0.827. The van der Waals surface area contributed by atoms with Crippen LogP contribution in [0.3, 0.4) is 0 Å². The highest BCUT2D eigenvalue weighted by atomic mass is 16.5. The van der Waals surface area contributed by atoms with Crippen molar-refractivity contribution in [1.82, 2.24) is 4.90 Å². The first-order valence-corrected chi connectivity index (χ1v) is 7.39. The summed E-state index contributed by atoms with van der Waals surface area (Å²) in [4.78, 5) is 2.59. The van der Waals surface area contributed by atoms with E-state index in [1.54, 1.807) is 0 Å². The smallest absolute Gasteiger partial charge is 0.0986 e. The summed E-state index contributed by atoms with van der Waals surface area (Å²) in [5.41, 5.74) is 4.25. The molecule has 102 valence electrons. The molecule has 1 aliphatic carbocycles. The number of morpholine rings is 1. The molecule has 0 spiro atoms. The molecule has 0 radical (unpaired) electrons. The topological polar surface area (TPSA) is 12.5 Å². The van der Waals surface area contributed by atoms with Gasteiger partial charge in [0.25, 0.3) is 0 Å². The molecule has 1 aliphatic heterocycles. The van der Waals surface area contributed by atoms with Gasteiger partial charge in [0.2, 0.25) is 0 Å². The van der Waals surface area contributed by atoms with Crippen molar-refractivity contribution < 1.29 is 4.74 Å². The molecule has 4 rings (SSSR count). The standard InChI is InChI=1S/C18H19NO/c1-2-6-14(7-3-1)13-19-10-11-20-18-16-9-5-4-8-15(16)12-17(18)19/h1-9,17-18H,10-13H2. The maximum absolute atomic E-state index is 6.05. The fraction of sp³-hybridized carbons (Fsp3) is 0.333. The van der Waals surface area contributed by atoms with Gasteiger partial charge in [-0.15, -0.1) is 0 Å². The second-order valence-electron chi connectivity index (χ2n) is 5.72. The molecule has 2 atom stereocenters. The maximum atomic E-state index is 6.05. The Balaban J connectivity index is 1.58. The lowest BCUT2D eigenvalue weighted by atomic mass is 10.1. The molecule has 0 amide bonds. The highest BCUT2D eigenvalue weighted by Crippen LogP contribution is 2.39. The number of hydrogen-bond acceptors (Lipinski definition) is 2. The van der Waals surface area contributed by atoms with Gasteiger partial charge >= 0.3 is 0 Å². The summed E-state index contributed by atoms with van der Waals surface area (Å²) in [6.07, 6.45) is 1.39. The monoisotopic (exact) mass is 265 g/mol. The Bertz CT molecular complexity index is 595. The molecule has 2 aromatic rings. The summed E-state index contributed by atoms with van der Waals surface area (Å²) in [5, 5.41) is 0. The van der Waals surface area contributed by atoms with E-state index in [1.165, 1.54) is 16.7 Å². The van der Waals surface area contributed by atoms with Gasteiger partial charge in [0.15, 0.2) is 0 Å². The minimum absolute atomic E-state index is 0.267. The second-order valence-corrected chi connectivity index (χ2v) is 5.72. The van der Waals surface area contributed by atoms with Crippen LogP contribution in [0.5, 0.6) is 0 Å². The Kier molecular flexibility index (Phi) is 3.06. The van der Waals surface area contributed by atoms with Gasteiger partial charge in [-0.05, 0) is 23.1 Å². The normalized spacial score (nSPS) is 25.2. The zero-order valence-corrected chi connectivity index (χ0v) is 11.5. The second kappa shape index (κ2) is 5.04. The number of benzene rings is 2. The molecular formula is C18H19NO. The molecule has 20 heavy (non-hydrogen) atoms. The number of ether oxygens (including phenoxy) is 1. The Morgan fingerprint density at radius 2 is 1.80 bits per heavy atom. The minimum atomic E-state index is 0.267. The molecule has 0 aromatic heterocycles. The van der Waals surface area contributed by atoms with Crippen molar-refractivity contribution in [3.05, 3.63) is 71.3 Å². The Labute approximate surface area is 120 Å². The lowest BCUT2D eigenvalue weighted by molar-refractivity contribution is -0.0677. The predicted molar refractivity (Wildman–Crippen MR) is 79.5 cm³/mol. The third-order valence-electron chi connectivity index (χ3n) is 4.51. The summed E-state index contributed by atoms with van der Waals surface area (Å²) in [6.45, 7) is 2.89. The molecule has 2 unspecified atom stereocenters. The van der Waals surface area contributed by atoms with Crippen molar-refractivity contribution in [3.8, 4) is 0 Å². The number of rotatable bonds is 2. The van der Waals surface area contributed by atoms with E-state index in [1.807, 2.05) is 0 Å². The van der Waals surface area contributed by atoms with Gasteiger partial charge < -0.3 is 4.74 Å². The first-order chi connectivity index (χ1) is 9.92. The molecule has 0 saturated carbocycles. The van der Waals surface area contributed by atoms with Gasteiger partial charge in [-0.3, -0.25) is 4.90 Å². The van der Waals surface area contributed by atoms with E-state index >= 15 is 0 Å². The van der Waals surface area contributed by atoms with Crippen LogP contribution in [-0.2, 0) is 17.7 Å². The average molecular weight is 265 g/mol. The highest BCUT2D eigenvalue weighted by molar-refractivity contribution is 5.36. The van der Waals surface area contributed by atoms with E-state index in [4.69, 9.17) is 4.74 Å². The van der Waals surface area contributed by atoms with E-state index < -0.39 is 0 Å². The molecule has 1 heterocycles. The van der Waals surface area contributed by atoms with Crippen LogP contribution in [0.2, 0.25) is 0 Å². The van der Waals surface area contributed by atoms with Crippen LogP contribution < -0.4 is 0 Å². The largest absolute Gasteiger partial charge is 0.371 e. The van der Waals surface area contributed by atoms with Crippen molar-refractivity contribution in [2.24, 2.45) is 0 Å². The van der Waals surface area contributed by atoms with Gasteiger partial charge in [0, 0.05) is 19.1 Å². The van der Waals surface area contributed by atoms with Crippen LogP contribution >= 0.6 is 0 Å². The third kappa shape index (κ3) is 2.05. The molecule has 0 bridgehead atoms. The molecule has 2 nitrogen and oxygen atoms in total. The van der Waals surface area contributed by atoms with E-state index in [0.717, 1.165) is 26.1 Å². The highest BCUT2D eigenvalue weighted by Gasteiger charge is 2.39. The number of fused-ring (bicyclic) bond motifs is 3. The Hall–Kier alpha value is -1.64. The summed E-state index contributed by atoms with van der Waals surface area (Å²) in [6, 6.07) is 20.0. The van der Waals surface area contributed by atoms with Gasteiger partial charge in [0.1, 0.15) is 0 Å². The SMILES string of the molecule is c1ccc(CN2CCOC3c4ccccc4CC32)cc1. The minimum Gasteiger partial charge on any atom is -0.371 e. The van der Waals surface area contributed by atoms with Gasteiger partial charge in [-0.1, -0.05) is 54.6 Å². The fourth-order valence-corrected chi connectivity index (χ4v) is 3.54. The van der Waals surface area contributed by atoms with Gasteiger partial charge in [-0.2, -0.15) is 0 Å². The van der Waals surface area contributed by atoms with Crippen LogP contribution in [0.1, 0.15) is 22.8 Å². The van der Waals surface area contributed by atoms with Crippen molar-refractivity contribution in [2.45, 2.75) is 25.1 Å². The molecule has 2 aromatic carbocycles. The molecule has 1 fully saturated rings. The Morgan fingerprint density at radius 3 is 2.70 bits per heavy atom. The van der Waals surface area contributed by atoms with Crippen LogP contribution in [0, 0.1) is 0 Å². The van der Waals surface area contributed by atoms with E-state index in [9.17, 15) is 0 Å². The van der Waals surface area contributed by atoms with Crippen LogP contribution in [0.25, 0.3) is 0 Å². The molecular weight excluding hydrogens is 246 g/mol. The lowest BCUT2D eigenvalue weighted by Crippen LogP contribution is -2.45. The van der Waals surface area contributed by atoms with Crippen molar-refractivity contribution in [3.63, 3.8) is 0 Å². The molecule has 0 N–H and O–H groups in total. The summed E-state index contributed by atoms with van der Waals surface area (Å²) >= 11 is 0. The lowest BCUT2D eigenvalue weighted by Gasteiger charge is -2.38. The first-order valence-electron chi connectivity index (χ1n) is 7.39. The third-order valence-corrected chi connectivity index (χ3v) is 4.51. The van der Waals surface area contributed by atoms with Crippen LogP contribution in [-0.4, -0.2) is 24.1 Å². The average Bonchev–Trinajstić information content (AvgIpc) is 2.88. The zero-order chi connectivity index (χ0) is 13.4. The summed E-state index contributed by atoms with van der Waals surface area (Å²) < 4.78 is 6.05. The predicted octanol–water partition coefficient (Wildman–Crippen LogP) is 3.18. The maximum Gasteiger partial charge on any atom is 0.0986 e. The van der Waals surface area contributed by atoms with E-state index in [0.29, 0.717) is 6.04 Å². The van der Waals surface area contributed by atoms with Gasteiger partial charge in [-0.25, -0.2) is 0 Å². The van der Waals surface area contributed by atoms with Gasteiger partial charge in [0.05, 0.1) is 12.7 Å². The summed E-state index contributed by atoms with van der Waals surface area (Å²) in [7, 11) is 0. The van der Waals surface area contributed by atoms with Crippen LogP contribution in [0.4, 0.5) is 0 Å². The van der Waals surface area contributed by atoms with Crippen LogP contribution in [0.15, 0.2) is 54.6 Å². The van der Waals surface area contributed by atoms with Crippen molar-refractivity contribution >= 4 is 0 Å². The molecule has 1 saturated heterocycles. The fourth-order valence-electron chi connectivity index (χ4n) is 3.54. The Morgan fingerprint density at radius 1 is 1.00 bits per heavy atom.